The van der Waals surface area contributed by atoms with Gasteiger partial charge in [0.1, 0.15) is 0 Å². The van der Waals surface area contributed by atoms with E-state index < -0.39 is 11.9 Å². The van der Waals surface area contributed by atoms with Gasteiger partial charge < -0.3 is 10.0 Å². The SMILES string of the molecule is C=C1N(Cc2ccccc2)CCN(Cc2ccccc2)C1(O)C(F)(F)F. The fourth-order valence-corrected chi connectivity index (χ4v) is 3.26. The third-order valence-electron chi connectivity index (χ3n) is 4.71. The Morgan fingerprint density at radius 2 is 1.38 bits per heavy atom. The zero-order valence-electron chi connectivity index (χ0n) is 14.3. The summed E-state index contributed by atoms with van der Waals surface area (Å²) in [6.07, 6.45) is -4.85. The molecule has 2 aromatic rings. The van der Waals surface area contributed by atoms with Crippen LogP contribution in [0.2, 0.25) is 0 Å². The van der Waals surface area contributed by atoms with Crippen LogP contribution in [0.1, 0.15) is 11.1 Å². The highest BCUT2D eigenvalue weighted by Gasteiger charge is 2.62. The van der Waals surface area contributed by atoms with Gasteiger partial charge in [-0.25, -0.2) is 0 Å². The van der Waals surface area contributed by atoms with Crippen LogP contribution in [-0.2, 0) is 13.1 Å². The van der Waals surface area contributed by atoms with E-state index in [1.807, 2.05) is 30.3 Å². The zero-order chi connectivity index (χ0) is 18.8. The fourth-order valence-electron chi connectivity index (χ4n) is 3.26. The average molecular weight is 362 g/mol. The van der Waals surface area contributed by atoms with E-state index in [1.54, 1.807) is 30.3 Å². The Balaban J connectivity index is 1.86. The van der Waals surface area contributed by atoms with E-state index in [2.05, 4.69) is 6.58 Å². The second kappa shape index (κ2) is 7.13. The van der Waals surface area contributed by atoms with Gasteiger partial charge in [-0.15, -0.1) is 0 Å². The Labute approximate surface area is 151 Å². The summed E-state index contributed by atoms with van der Waals surface area (Å²) >= 11 is 0. The van der Waals surface area contributed by atoms with Gasteiger partial charge in [0.15, 0.2) is 0 Å². The molecule has 0 amide bonds. The summed E-state index contributed by atoms with van der Waals surface area (Å²) in [4.78, 5) is 2.55. The van der Waals surface area contributed by atoms with Gasteiger partial charge in [-0.3, -0.25) is 4.90 Å². The lowest BCUT2D eigenvalue weighted by Crippen LogP contribution is -2.66. The van der Waals surface area contributed by atoms with Gasteiger partial charge in [0, 0.05) is 26.2 Å². The molecular formula is C20H21F3N2O. The highest BCUT2D eigenvalue weighted by atomic mass is 19.4. The number of piperazine rings is 1. The van der Waals surface area contributed by atoms with E-state index in [1.165, 1.54) is 4.90 Å². The van der Waals surface area contributed by atoms with Crippen molar-refractivity contribution in [1.82, 2.24) is 9.80 Å². The molecule has 0 aromatic heterocycles. The maximum absolute atomic E-state index is 13.9. The topological polar surface area (TPSA) is 26.7 Å². The van der Waals surface area contributed by atoms with Crippen LogP contribution in [-0.4, -0.2) is 39.9 Å². The van der Waals surface area contributed by atoms with Gasteiger partial charge in [0.2, 0.25) is 0 Å². The summed E-state index contributed by atoms with van der Waals surface area (Å²) in [5, 5.41) is 10.7. The largest absolute Gasteiger partial charge is 0.437 e. The molecule has 1 aliphatic heterocycles. The number of nitrogens with zero attached hydrogens (tertiary/aromatic N) is 2. The van der Waals surface area contributed by atoms with Crippen LogP contribution in [0.5, 0.6) is 0 Å². The van der Waals surface area contributed by atoms with E-state index >= 15 is 0 Å². The number of rotatable bonds is 4. The molecule has 1 N–H and O–H groups in total. The smallest absolute Gasteiger partial charge is 0.366 e. The lowest BCUT2D eigenvalue weighted by molar-refractivity contribution is -0.314. The molecule has 3 nitrogen and oxygen atoms in total. The van der Waals surface area contributed by atoms with E-state index in [-0.39, 0.29) is 25.3 Å². The predicted molar refractivity (Wildman–Crippen MR) is 93.8 cm³/mol. The summed E-state index contributed by atoms with van der Waals surface area (Å²) in [5.74, 6) is 0. The molecule has 2 aromatic carbocycles. The summed E-state index contributed by atoms with van der Waals surface area (Å²) in [7, 11) is 0. The van der Waals surface area contributed by atoms with Crippen LogP contribution in [0.3, 0.4) is 0 Å². The Hall–Kier alpha value is -2.31. The van der Waals surface area contributed by atoms with Crippen LogP contribution in [0, 0.1) is 0 Å². The molecule has 0 bridgehead atoms. The molecule has 1 fully saturated rings. The Morgan fingerprint density at radius 1 is 0.885 bits per heavy atom. The molecule has 1 aliphatic rings. The van der Waals surface area contributed by atoms with Gasteiger partial charge in [0.05, 0.1) is 5.70 Å². The fraction of sp³-hybridized carbons (Fsp3) is 0.300. The third-order valence-corrected chi connectivity index (χ3v) is 4.71. The molecule has 138 valence electrons. The second-order valence-electron chi connectivity index (χ2n) is 6.43. The molecule has 6 heteroatoms. The van der Waals surface area contributed by atoms with Crippen molar-refractivity contribution in [2.24, 2.45) is 0 Å². The average Bonchev–Trinajstić information content (AvgIpc) is 2.62. The summed E-state index contributed by atoms with van der Waals surface area (Å²) in [6, 6.07) is 18.0. The van der Waals surface area contributed by atoms with Gasteiger partial charge in [-0.2, -0.15) is 13.2 Å². The van der Waals surface area contributed by atoms with Crippen LogP contribution < -0.4 is 0 Å². The van der Waals surface area contributed by atoms with Crippen molar-refractivity contribution in [3.63, 3.8) is 0 Å². The normalized spacial score (nSPS) is 21.8. The minimum Gasteiger partial charge on any atom is -0.366 e. The first-order chi connectivity index (χ1) is 12.3. The molecule has 0 radical (unpaired) electrons. The third kappa shape index (κ3) is 3.48. The Kier molecular flexibility index (Phi) is 5.07. The molecule has 0 spiro atoms. The van der Waals surface area contributed by atoms with E-state index in [0.717, 1.165) is 10.5 Å². The monoisotopic (exact) mass is 362 g/mol. The van der Waals surface area contributed by atoms with Crippen LogP contribution in [0.15, 0.2) is 72.9 Å². The van der Waals surface area contributed by atoms with Crippen molar-refractivity contribution in [2.45, 2.75) is 25.0 Å². The first-order valence-corrected chi connectivity index (χ1v) is 8.38. The lowest BCUT2D eigenvalue weighted by Gasteiger charge is -2.50. The summed E-state index contributed by atoms with van der Waals surface area (Å²) < 4.78 is 41.6. The second-order valence-corrected chi connectivity index (χ2v) is 6.43. The zero-order valence-corrected chi connectivity index (χ0v) is 14.3. The van der Waals surface area contributed by atoms with Crippen molar-refractivity contribution in [2.75, 3.05) is 13.1 Å². The molecule has 0 aliphatic carbocycles. The first-order valence-electron chi connectivity index (χ1n) is 8.38. The number of hydrogen-bond donors (Lipinski definition) is 1. The summed E-state index contributed by atoms with van der Waals surface area (Å²) in [5.41, 5.74) is -1.85. The highest BCUT2D eigenvalue weighted by Crippen LogP contribution is 2.42. The number of benzene rings is 2. The van der Waals surface area contributed by atoms with E-state index in [9.17, 15) is 18.3 Å². The number of halogens is 3. The minimum absolute atomic E-state index is 0.00491. The Morgan fingerprint density at radius 3 is 1.88 bits per heavy atom. The van der Waals surface area contributed by atoms with Crippen LogP contribution >= 0.6 is 0 Å². The molecule has 1 atom stereocenters. The molecule has 3 rings (SSSR count). The maximum Gasteiger partial charge on any atom is 0.437 e. The van der Waals surface area contributed by atoms with Gasteiger partial charge in [-0.05, 0) is 11.1 Å². The number of alkyl halides is 3. The van der Waals surface area contributed by atoms with Crippen molar-refractivity contribution < 1.29 is 18.3 Å². The summed E-state index contributed by atoms with van der Waals surface area (Å²) in [6.45, 7) is 4.33. The lowest BCUT2D eigenvalue weighted by atomic mass is 10.0. The van der Waals surface area contributed by atoms with E-state index in [0.29, 0.717) is 12.1 Å². The van der Waals surface area contributed by atoms with Crippen LogP contribution in [0.4, 0.5) is 13.2 Å². The van der Waals surface area contributed by atoms with E-state index in [4.69, 9.17) is 0 Å². The highest BCUT2D eigenvalue weighted by molar-refractivity contribution is 5.23. The first kappa shape index (κ1) is 18.5. The molecule has 1 unspecified atom stereocenters. The Bertz CT molecular complexity index is 749. The standard InChI is InChI=1S/C20H21F3N2O/c1-16-19(26,20(21,22)23)25(15-18-10-6-3-7-11-18)13-12-24(16)14-17-8-4-2-5-9-17/h2-11,26H,1,12-15H2. The maximum atomic E-state index is 13.9. The number of aliphatic hydroxyl groups is 1. The van der Waals surface area contributed by atoms with Gasteiger partial charge >= 0.3 is 6.18 Å². The van der Waals surface area contributed by atoms with Gasteiger partial charge in [-0.1, -0.05) is 67.2 Å². The molecule has 1 heterocycles. The molecular weight excluding hydrogens is 341 g/mol. The predicted octanol–water partition coefficient (Wildman–Crippen LogP) is 3.77. The van der Waals surface area contributed by atoms with Crippen molar-refractivity contribution in [1.29, 1.82) is 0 Å². The van der Waals surface area contributed by atoms with Crippen molar-refractivity contribution in [3.05, 3.63) is 84.1 Å². The quantitative estimate of drug-likeness (QED) is 0.897. The minimum atomic E-state index is -4.85. The van der Waals surface area contributed by atoms with Crippen molar-refractivity contribution >= 4 is 0 Å². The van der Waals surface area contributed by atoms with Gasteiger partial charge in [0.25, 0.3) is 5.72 Å². The van der Waals surface area contributed by atoms with Crippen molar-refractivity contribution in [3.8, 4) is 0 Å². The molecule has 0 saturated carbocycles. The molecule has 1 saturated heterocycles. The molecule has 26 heavy (non-hydrogen) atoms. The number of hydrogen-bond acceptors (Lipinski definition) is 3. The van der Waals surface area contributed by atoms with Crippen LogP contribution in [0.25, 0.3) is 0 Å².